The third kappa shape index (κ3) is 7.02. The SMILES string of the molecule is Fc1cc(F)cc(-c2cc(-n3c4cc(-c5ccccc5)ccc4c4ccc(-c5ccccc5)cc43)c(-n3c4cc(-c5ccccc5)ccc4c4ccc(-c5ccccc5)cc43)cc2C(F)(F)F)c1. The normalized spacial score (nSPS) is 11.9. The lowest BCUT2D eigenvalue weighted by molar-refractivity contribution is -0.137. The molecule has 12 rings (SSSR count). The van der Waals surface area contributed by atoms with Crippen LogP contribution in [0.3, 0.4) is 0 Å². The van der Waals surface area contributed by atoms with Crippen molar-refractivity contribution in [3.63, 3.8) is 0 Å². The van der Waals surface area contributed by atoms with Crippen LogP contribution in [0.15, 0.2) is 224 Å². The lowest BCUT2D eigenvalue weighted by Crippen LogP contribution is -2.12. The number of aromatic nitrogens is 2. The molecule has 0 radical (unpaired) electrons. The second kappa shape index (κ2) is 16.1. The predicted octanol–water partition coefficient (Wildman–Crippen LogP) is 17.5. The summed E-state index contributed by atoms with van der Waals surface area (Å²) in [6.07, 6.45) is -4.95. The van der Waals surface area contributed by atoms with Crippen LogP contribution in [0, 0.1) is 11.6 Å². The summed E-state index contributed by atoms with van der Waals surface area (Å²) in [5.74, 6) is -1.97. The van der Waals surface area contributed by atoms with Crippen LogP contribution >= 0.6 is 0 Å². The molecule has 0 fully saturated rings. The monoisotopic (exact) mass is 892 g/mol. The number of fused-ring (bicyclic) bond motifs is 6. The average Bonchev–Trinajstić information content (AvgIpc) is 3.87. The van der Waals surface area contributed by atoms with Crippen molar-refractivity contribution in [2.24, 2.45) is 0 Å². The van der Waals surface area contributed by atoms with Crippen LogP contribution in [0.2, 0.25) is 0 Å². The highest BCUT2D eigenvalue weighted by Gasteiger charge is 2.36. The molecule has 10 aromatic carbocycles. The van der Waals surface area contributed by atoms with Gasteiger partial charge in [-0.2, -0.15) is 13.2 Å². The zero-order chi connectivity index (χ0) is 46.1. The first-order chi connectivity index (χ1) is 33.2. The van der Waals surface area contributed by atoms with Crippen LogP contribution in [0.5, 0.6) is 0 Å². The van der Waals surface area contributed by atoms with Crippen LogP contribution in [0.1, 0.15) is 5.56 Å². The molecule has 2 nitrogen and oxygen atoms in total. The van der Waals surface area contributed by atoms with Gasteiger partial charge < -0.3 is 9.13 Å². The van der Waals surface area contributed by atoms with E-state index in [-0.39, 0.29) is 16.8 Å². The second-order valence-corrected chi connectivity index (χ2v) is 17.1. The molecule has 0 bridgehead atoms. The fraction of sp³-hybridized carbons (Fsp3) is 0.0164. The molecule has 68 heavy (non-hydrogen) atoms. The largest absolute Gasteiger partial charge is 0.417 e. The number of alkyl halides is 3. The lowest BCUT2D eigenvalue weighted by atomic mass is 9.96. The Hall–Kier alpha value is -8.55. The van der Waals surface area contributed by atoms with Gasteiger partial charge in [-0.25, -0.2) is 8.78 Å². The van der Waals surface area contributed by atoms with Crippen molar-refractivity contribution in [2.75, 3.05) is 0 Å². The van der Waals surface area contributed by atoms with E-state index in [0.717, 1.165) is 95.3 Å². The van der Waals surface area contributed by atoms with Crippen LogP contribution in [-0.4, -0.2) is 9.13 Å². The molecule has 0 unspecified atom stereocenters. The molecule has 0 N–H and O–H groups in total. The number of benzene rings is 10. The highest BCUT2D eigenvalue weighted by molar-refractivity contribution is 6.14. The molecular formula is C61H37F5N2. The van der Waals surface area contributed by atoms with E-state index in [1.165, 1.54) is 6.07 Å². The van der Waals surface area contributed by atoms with Crippen molar-refractivity contribution in [2.45, 2.75) is 6.18 Å². The van der Waals surface area contributed by atoms with Gasteiger partial charge >= 0.3 is 6.18 Å². The number of halogens is 5. The first-order valence-corrected chi connectivity index (χ1v) is 22.3. The van der Waals surface area contributed by atoms with Gasteiger partial charge in [0.25, 0.3) is 0 Å². The summed E-state index contributed by atoms with van der Waals surface area (Å²) in [5, 5.41) is 3.44. The van der Waals surface area contributed by atoms with Crippen LogP contribution < -0.4 is 0 Å². The van der Waals surface area contributed by atoms with E-state index in [4.69, 9.17) is 0 Å². The van der Waals surface area contributed by atoms with Gasteiger partial charge in [-0.1, -0.05) is 170 Å². The molecule has 0 spiro atoms. The third-order valence-corrected chi connectivity index (χ3v) is 13.0. The molecule has 0 aliphatic carbocycles. The number of nitrogens with zero attached hydrogens (tertiary/aromatic N) is 2. The molecule has 2 heterocycles. The van der Waals surface area contributed by atoms with Crippen molar-refractivity contribution in [1.82, 2.24) is 9.13 Å². The Balaban J connectivity index is 1.28. The number of hydrogen-bond donors (Lipinski definition) is 0. The molecule has 326 valence electrons. The van der Waals surface area contributed by atoms with Crippen LogP contribution in [0.25, 0.3) is 111 Å². The molecule has 0 saturated carbocycles. The van der Waals surface area contributed by atoms with E-state index < -0.39 is 23.4 Å². The Labute approximate surface area is 388 Å². The van der Waals surface area contributed by atoms with Gasteiger partial charge in [0.05, 0.1) is 39.0 Å². The summed E-state index contributed by atoms with van der Waals surface area (Å²) < 4.78 is 82.4. The Kier molecular flexibility index (Phi) is 9.69. The maximum Gasteiger partial charge on any atom is 0.417 e. The summed E-state index contributed by atoms with van der Waals surface area (Å²) in [6, 6.07) is 69.4. The lowest BCUT2D eigenvalue weighted by Gasteiger charge is -2.22. The first-order valence-electron chi connectivity index (χ1n) is 22.3. The standard InChI is InChI=1S/C61H37F5N2/c62-47-29-46(30-48(63)35-47)53-36-59(67-55-31-42(38-13-5-1-6-14-38)21-25-49(55)50-26-22-43(32-56(50)67)39-15-7-2-8-16-39)60(37-54(53)61(64,65)66)68-57-33-44(40-17-9-3-10-18-40)23-27-51(57)52-28-24-45(34-58(52)68)41-19-11-4-12-20-41/h1-37H. The van der Waals surface area contributed by atoms with Gasteiger partial charge in [-0.15, -0.1) is 0 Å². The van der Waals surface area contributed by atoms with E-state index in [1.807, 2.05) is 167 Å². The Morgan fingerprint density at radius 2 is 0.588 bits per heavy atom. The predicted molar refractivity (Wildman–Crippen MR) is 267 cm³/mol. The summed E-state index contributed by atoms with van der Waals surface area (Å²) in [7, 11) is 0. The number of hydrogen-bond acceptors (Lipinski definition) is 0. The molecule has 7 heteroatoms. The van der Waals surface area contributed by atoms with E-state index in [0.29, 0.717) is 22.8 Å². The van der Waals surface area contributed by atoms with Gasteiger partial charge in [0.15, 0.2) is 0 Å². The summed E-state index contributed by atoms with van der Waals surface area (Å²) in [4.78, 5) is 0. The maximum absolute atomic E-state index is 16.0. The van der Waals surface area contributed by atoms with Gasteiger partial charge in [0, 0.05) is 27.6 Å². The van der Waals surface area contributed by atoms with Crippen molar-refractivity contribution in [3.8, 4) is 67.0 Å². The molecular weight excluding hydrogens is 856 g/mol. The fourth-order valence-electron chi connectivity index (χ4n) is 9.91. The van der Waals surface area contributed by atoms with Crippen molar-refractivity contribution in [1.29, 1.82) is 0 Å². The maximum atomic E-state index is 16.0. The molecule has 0 atom stereocenters. The summed E-state index contributed by atoms with van der Waals surface area (Å²) in [6.45, 7) is 0. The minimum absolute atomic E-state index is 0.224. The van der Waals surface area contributed by atoms with Gasteiger partial charge in [-0.05, 0) is 104 Å². The van der Waals surface area contributed by atoms with E-state index in [1.54, 1.807) is 0 Å². The highest BCUT2D eigenvalue weighted by atomic mass is 19.4. The molecule has 0 saturated heterocycles. The van der Waals surface area contributed by atoms with Crippen LogP contribution in [0.4, 0.5) is 22.0 Å². The minimum Gasteiger partial charge on any atom is -0.307 e. The van der Waals surface area contributed by atoms with Gasteiger partial charge in [-0.3, -0.25) is 0 Å². The van der Waals surface area contributed by atoms with Gasteiger partial charge in [0.1, 0.15) is 11.6 Å². The molecule has 0 amide bonds. The zero-order valence-electron chi connectivity index (χ0n) is 36.1. The fourth-order valence-corrected chi connectivity index (χ4v) is 9.91. The second-order valence-electron chi connectivity index (χ2n) is 17.1. The average molecular weight is 893 g/mol. The Morgan fingerprint density at radius 3 is 0.897 bits per heavy atom. The van der Waals surface area contributed by atoms with Crippen molar-refractivity contribution in [3.05, 3.63) is 242 Å². The Morgan fingerprint density at radius 1 is 0.279 bits per heavy atom. The zero-order valence-corrected chi connectivity index (χ0v) is 36.1. The smallest absolute Gasteiger partial charge is 0.307 e. The van der Waals surface area contributed by atoms with Crippen LogP contribution in [-0.2, 0) is 6.18 Å². The highest BCUT2D eigenvalue weighted by Crippen LogP contribution is 2.47. The summed E-state index contributed by atoms with van der Waals surface area (Å²) >= 11 is 0. The van der Waals surface area contributed by atoms with Gasteiger partial charge in [0.2, 0.25) is 0 Å². The topological polar surface area (TPSA) is 9.86 Å². The quantitative estimate of drug-likeness (QED) is 0.141. The molecule has 0 aliphatic rings. The van der Waals surface area contributed by atoms with E-state index in [9.17, 15) is 0 Å². The van der Waals surface area contributed by atoms with E-state index in [2.05, 4.69) is 36.4 Å². The Bertz CT molecular complexity index is 3680. The first kappa shape index (κ1) is 40.9. The van der Waals surface area contributed by atoms with Crippen molar-refractivity contribution >= 4 is 43.6 Å². The minimum atomic E-state index is -4.95. The van der Waals surface area contributed by atoms with E-state index >= 15 is 22.0 Å². The molecule has 0 aliphatic heterocycles. The molecule has 2 aromatic heterocycles. The molecule has 12 aromatic rings. The number of rotatable bonds is 7. The van der Waals surface area contributed by atoms with Crippen molar-refractivity contribution < 1.29 is 22.0 Å². The summed E-state index contributed by atoms with van der Waals surface area (Å²) in [5.41, 5.74) is 9.19. The third-order valence-electron chi connectivity index (χ3n) is 13.0.